The van der Waals surface area contributed by atoms with E-state index in [1.807, 2.05) is 24.3 Å². The van der Waals surface area contributed by atoms with Gasteiger partial charge in [0.05, 0.1) is 16.1 Å². The Morgan fingerprint density at radius 1 is 1.21 bits per heavy atom. The van der Waals surface area contributed by atoms with E-state index in [1.54, 1.807) is 34.6 Å². The number of carbonyl (C=O) groups is 2. The van der Waals surface area contributed by atoms with E-state index in [9.17, 15) is 9.59 Å². The zero-order valence-electron chi connectivity index (χ0n) is 14.5. The maximum Gasteiger partial charge on any atom is 0.407 e. The first-order valence-corrected chi connectivity index (χ1v) is 8.63. The van der Waals surface area contributed by atoms with Crippen molar-refractivity contribution in [3.8, 4) is 0 Å². The molecule has 0 aliphatic carbocycles. The number of alkyl carbamates (subject to hydrolysis) is 1. The number of nitrogens with one attached hydrogen (secondary N) is 2. The van der Waals surface area contributed by atoms with E-state index in [-0.39, 0.29) is 11.9 Å². The van der Waals surface area contributed by atoms with Crippen molar-refractivity contribution in [3.63, 3.8) is 0 Å². The standard InChI is InChI=1S/C17H23N3O3S/c1-10(11(2)18-16(22)23-17(3,4)5)14(21)20-15-19-12-8-6-7-9-13(12)24-15/h6-11H,1-5H3,(H,18,22)(H,19,20,21). The first kappa shape index (κ1) is 18.2. The van der Waals surface area contributed by atoms with Crippen LogP contribution in [0.15, 0.2) is 24.3 Å². The predicted molar refractivity (Wildman–Crippen MR) is 96.2 cm³/mol. The summed E-state index contributed by atoms with van der Waals surface area (Å²) in [6.45, 7) is 8.90. The minimum atomic E-state index is -0.573. The monoisotopic (exact) mass is 349 g/mol. The van der Waals surface area contributed by atoms with Gasteiger partial charge >= 0.3 is 6.09 Å². The molecular formula is C17H23N3O3S. The predicted octanol–water partition coefficient (Wildman–Crippen LogP) is 3.78. The van der Waals surface area contributed by atoms with Crippen molar-refractivity contribution in [1.82, 2.24) is 10.3 Å². The largest absolute Gasteiger partial charge is 0.444 e. The van der Waals surface area contributed by atoms with Crippen molar-refractivity contribution in [3.05, 3.63) is 24.3 Å². The molecule has 0 saturated heterocycles. The SMILES string of the molecule is CC(NC(=O)OC(C)(C)C)C(C)C(=O)Nc1nc2ccccc2s1. The number of ether oxygens (including phenoxy) is 1. The van der Waals surface area contributed by atoms with E-state index in [0.717, 1.165) is 10.2 Å². The summed E-state index contributed by atoms with van der Waals surface area (Å²) in [7, 11) is 0. The molecule has 2 rings (SSSR count). The van der Waals surface area contributed by atoms with Crippen molar-refractivity contribution in [2.45, 2.75) is 46.3 Å². The molecule has 0 aliphatic heterocycles. The molecule has 1 aromatic carbocycles. The maximum atomic E-state index is 12.4. The molecule has 0 aliphatic rings. The summed E-state index contributed by atoms with van der Waals surface area (Å²) in [5, 5.41) is 6.05. The average Bonchev–Trinajstić information content (AvgIpc) is 2.86. The second-order valence-electron chi connectivity index (χ2n) is 6.70. The van der Waals surface area contributed by atoms with Gasteiger partial charge in [0.25, 0.3) is 0 Å². The second-order valence-corrected chi connectivity index (χ2v) is 7.73. The molecule has 2 aromatic rings. The van der Waals surface area contributed by atoms with Gasteiger partial charge in [-0.05, 0) is 39.8 Å². The van der Waals surface area contributed by atoms with Gasteiger partial charge in [-0.1, -0.05) is 30.4 Å². The van der Waals surface area contributed by atoms with Gasteiger partial charge in [-0.3, -0.25) is 4.79 Å². The first-order chi connectivity index (χ1) is 11.2. The third kappa shape index (κ3) is 4.92. The van der Waals surface area contributed by atoms with E-state index >= 15 is 0 Å². The summed E-state index contributed by atoms with van der Waals surface area (Å²) < 4.78 is 6.22. The van der Waals surface area contributed by atoms with Gasteiger partial charge in [0.1, 0.15) is 5.60 Å². The Morgan fingerprint density at radius 3 is 2.50 bits per heavy atom. The summed E-state index contributed by atoms with van der Waals surface area (Å²) in [5.41, 5.74) is 0.279. The minimum absolute atomic E-state index is 0.197. The summed E-state index contributed by atoms with van der Waals surface area (Å²) in [6.07, 6.45) is -0.533. The Kier molecular flexibility index (Phi) is 5.43. The van der Waals surface area contributed by atoms with Crippen LogP contribution in [0.4, 0.5) is 9.93 Å². The van der Waals surface area contributed by atoms with Crippen LogP contribution < -0.4 is 10.6 Å². The van der Waals surface area contributed by atoms with Crippen molar-refractivity contribution < 1.29 is 14.3 Å². The number of anilines is 1. The molecule has 2 N–H and O–H groups in total. The molecule has 0 bridgehead atoms. The van der Waals surface area contributed by atoms with Crippen molar-refractivity contribution >= 4 is 38.7 Å². The number of benzene rings is 1. The minimum Gasteiger partial charge on any atom is -0.444 e. The lowest BCUT2D eigenvalue weighted by atomic mass is 10.0. The average molecular weight is 349 g/mol. The van der Waals surface area contributed by atoms with Crippen molar-refractivity contribution in [1.29, 1.82) is 0 Å². The Balaban J connectivity index is 1.94. The smallest absolute Gasteiger partial charge is 0.407 e. The summed E-state index contributed by atoms with van der Waals surface area (Å²) >= 11 is 1.42. The number of hydrogen-bond donors (Lipinski definition) is 2. The molecule has 0 spiro atoms. The number of fused-ring (bicyclic) bond motifs is 1. The lowest BCUT2D eigenvalue weighted by Crippen LogP contribution is -2.44. The van der Waals surface area contributed by atoms with E-state index in [4.69, 9.17) is 4.74 Å². The Hall–Kier alpha value is -2.15. The third-order valence-corrected chi connectivity index (χ3v) is 4.38. The molecule has 130 valence electrons. The van der Waals surface area contributed by atoms with Crippen LogP contribution in [-0.4, -0.2) is 28.6 Å². The highest BCUT2D eigenvalue weighted by Gasteiger charge is 2.25. The normalized spacial score (nSPS) is 14.0. The quantitative estimate of drug-likeness (QED) is 0.880. The number of hydrogen-bond acceptors (Lipinski definition) is 5. The van der Waals surface area contributed by atoms with Crippen LogP contribution in [0.25, 0.3) is 10.2 Å². The Bertz CT molecular complexity index is 703. The summed E-state index contributed by atoms with van der Waals surface area (Å²) in [4.78, 5) is 28.5. The number of nitrogens with zero attached hydrogens (tertiary/aromatic N) is 1. The number of amides is 2. The number of thiazole rings is 1. The van der Waals surface area contributed by atoms with Crippen molar-refractivity contribution in [2.24, 2.45) is 5.92 Å². The van der Waals surface area contributed by atoms with Gasteiger partial charge < -0.3 is 15.4 Å². The molecule has 0 saturated carbocycles. The van der Waals surface area contributed by atoms with E-state index in [1.165, 1.54) is 11.3 Å². The highest BCUT2D eigenvalue weighted by atomic mass is 32.1. The highest BCUT2D eigenvalue weighted by molar-refractivity contribution is 7.22. The molecule has 7 heteroatoms. The van der Waals surface area contributed by atoms with Crippen LogP contribution in [0.1, 0.15) is 34.6 Å². The van der Waals surface area contributed by atoms with Gasteiger partial charge in [0.15, 0.2) is 5.13 Å². The highest BCUT2D eigenvalue weighted by Crippen LogP contribution is 2.25. The molecule has 0 fully saturated rings. The molecule has 2 atom stereocenters. The van der Waals surface area contributed by atoms with Gasteiger partial charge in [0.2, 0.25) is 5.91 Å². The molecular weight excluding hydrogens is 326 g/mol. The molecule has 0 radical (unpaired) electrons. The van der Waals surface area contributed by atoms with Gasteiger partial charge in [-0.25, -0.2) is 9.78 Å². The van der Waals surface area contributed by atoms with E-state index in [2.05, 4.69) is 15.6 Å². The number of aromatic nitrogens is 1. The van der Waals surface area contributed by atoms with E-state index < -0.39 is 17.6 Å². The third-order valence-electron chi connectivity index (χ3n) is 3.43. The Morgan fingerprint density at radius 2 is 1.88 bits per heavy atom. The molecule has 24 heavy (non-hydrogen) atoms. The van der Waals surface area contributed by atoms with Gasteiger partial charge in [0, 0.05) is 6.04 Å². The zero-order valence-corrected chi connectivity index (χ0v) is 15.4. The van der Waals surface area contributed by atoms with E-state index in [0.29, 0.717) is 5.13 Å². The van der Waals surface area contributed by atoms with Crippen LogP contribution >= 0.6 is 11.3 Å². The number of rotatable bonds is 4. The van der Waals surface area contributed by atoms with Crippen LogP contribution in [-0.2, 0) is 9.53 Å². The topological polar surface area (TPSA) is 80.3 Å². The molecule has 1 heterocycles. The van der Waals surface area contributed by atoms with Gasteiger partial charge in [-0.15, -0.1) is 0 Å². The maximum absolute atomic E-state index is 12.4. The molecule has 6 nitrogen and oxygen atoms in total. The molecule has 2 amide bonds. The summed E-state index contributed by atoms with van der Waals surface area (Å²) in [6, 6.07) is 7.33. The fourth-order valence-electron chi connectivity index (χ4n) is 1.99. The van der Waals surface area contributed by atoms with Gasteiger partial charge in [-0.2, -0.15) is 0 Å². The van der Waals surface area contributed by atoms with Crippen LogP contribution in [0, 0.1) is 5.92 Å². The number of para-hydroxylation sites is 1. The summed E-state index contributed by atoms with van der Waals surface area (Å²) in [5.74, 6) is -0.623. The van der Waals surface area contributed by atoms with Crippen molar-refractivity contribution in [2.75, 3.05) is 5.32 Å². The lowest BCUT2D eigenvalue weighted by Gasteiger charge is -2.24. The fourth-order valence-corrected chi connectivity index (χ4v) is 2.86. The fraction of sp³-hybridized carbons (Fsp3) is 0.471. The number of carbonyl (C=O) groups excluding carboxylic acids is 2. The molecule has 2 unspecified atom stereocenters. The zero-order chi connectivity index (χ0) is 17.9. The first-order valence-electron chi connectivity index (χ1n) is 7.81. The van der Waals surface area contributed by atoms with Crippen LogP contribution in [0.2, 0.25) is 0 Å². The lowest BCUT2D eigenvalue weighted by molar-refractivity contribution is -0.120. The second kappa shape index (κ2) is 7.17. The molecule has 1 aromatic heterocycles. The Labute approximate surface area is 145 Å². The van der Waals surface area contributed by atoms with Crippen LogP contribution in [0.5, 0.6) is 0 Å². The van der Waals surface area contributed by atoms with Crippen LogP contribution in [0.3, 0.4) is 0 Å².